The summed E-state index contributed by atoms with van der Waals surface area (Å²) in [4.78, 5) is 26.7. The van der Waals surface area contributed by atoms with Crippen LogP contribution in [0.3, 0.4) is 0 Å². The fourth-order valence-corrected chi connectivity index (χ4v) is 7.05. The second-order valence-corrected chi connectivity index (χ2v) is 12.5. The minimum Gasteiger partial charge on any atom is -0.495 e. The number of hydrogen-bond donors (Lipinski definition) is 2. The van der Waals surface area contributed by atoms with E-state index in [0.717, 1.165) is 25.7 Å². The van der Waals surface area contributed by atoms with Crippen molar-refractivity contribution in [3.63, 3.8) is 0 Å². The number of ether oxygens (including phenoxy) is 3. The zero-order chi connectivity index (χ0) is 28.8. The number of nitrogens with zero attached hydrogens (tertiary/aromatic N) is 1. The third-order valence-corrected chi connectivity index (χ3v) is 9.74. The van der Waals surface area contributed by atoms with Crippen molar-refractivity contribution in [3.05, 3.63) is 66.2 Å². The standard InChI is InChI=1S/C29H31N3O7S2/c1-37-24-13-11-21(41(35,36)32-14-6-2-3-7-15-32)17-23(24)31-29(34)22-8-4-5-9-27(22)40-18-28(33)30-20-10-12-25-26(16-20)39-19-38-25/h4-5,8-13,16-17H,2-3,6-7,14-15,18-19H2,1H3,(H,30,33)(H,31,34). The summed E-state index contributed by atoms with van der Waals surface area (Å²) in [5, 5.41) is 5.63. The highest BCUT2D eigenvalue weighted by Gasteiger charge is 2.26. The molecular weight excluding hydrogens is 566 g/mol. The van der Waals surface area contributed by atoms with Crippen molar-refractivity contribution >= 4 is 45.0 Å². The molecule has 0 saturated carbocycles. The average molecular weight is 598 g/mol. The molecule has 0 unspecified atom stereocenters. The number of rotatable bonds is 9. The molecule has 2 N–H and O–H groups in total. The van der Waals surface area contributed by atoms with Crippen molar-refractivity contribution in [2.75, 3.05) is 43.4 Å². The summed E-state index contributed by atoms with van der Waals surface area (Å²) >= 11 is 1.21. The van der Waals surface area contributed by atoms with E-state index in [1.807, 2.05) is 0 Å². The molecule has 0 bridgehead atoms. The van der Waals surface area contributed by atoms with Gasteiger partial charge in [-0.15, -0.1) is 11.8 Å². The predicted octanol–water partition coefficient (Wildman–Crippen LogP) is 4.97. The lowest BCUT2D eigenvalue weighted by molar-refractivity contribution is -0.113. The zero-order valence-corrected chi connectivity index (χ0v) is 24.2. The number of sulfonamides is 1. The van der Waals surface area contributed by atoms with E-state index in [-0.39, 0.29) is 29.0 Å². The van der Waals surface area contributed by atoms with Crippen LogP contribution < -0.4 is 24.8 Å². The van der Waals surface area contributed by atoms with E-state index in [4.69, 9.17) is 14.2 Å². The summed E-state index contributed by atoms with van der Waals surface area (Å²) in [6, 6.07) is 16.5. The van der Waals surface area contributed by atoms with Gasteiger partial charge >= 0.3 is 0 Å². The van der Waals surface area contributed by atoms with E-state index in [9.17, 15) is 18.0 Å². The normalized spacial score (nSPS) is 15.1. The first kappa shape index (κ1) is 28.8. The fourth-order valence-electron chi connectivity index (χ4n) is 4.66. The van der Waals surface area contributed by atoms with Crippen LogP contribution in [0.5, 0.6) is 17.2 Å². The molecule has 5 rings (SSSR count). The van der Waals surface area contributed by atoms with E-state index in [1.165, 1.54) is 35.3 Å². The number of benzene rings is 3. The number of methoxy groups -OCH3 is 1. The Morgan fingerprint density at radius 1 is 0.927 bits per heavy atom. The molecule has 41 heavy (non-hydrogen) atoms. The molecule has 0 spiro atoms. The number of fused-ring (bicyclic) bond motifs is 1. The molecule has 2 aliphatic heterocycles. The smallest absolute Gasteiger partial charge is 0.256 e. The average Bonchev–Trinajstić information content (AvgIpc) is 3.26. The molecule has 0 aromatic heterocycles. The van der Waals surface area contributed by atoms with Gasteiger partial charge in [0.05, 0.1) is 29.0 Å². The van der Waals surface area contributed by atoms with Gasteiger partial charge in [0.1, 0.15) is 5.75 Å². The number of nitrogens with one attached hydrogen (secondary N) is 2. The number of carbonyl (C=O) groups excluding carboxylic acids is 2. The highest BCUT2D eigenvalue weighted by atomic mass is 32.2. The van der Waals surface area contributed by atoms with Gasteiger partial charge in [-0.25, -0.2) is 8.42 Å². The molecule has 216 valence electrons. The van der Waals surface area contributed by atoms with Crippen molar-refractivity contribution < 1.29 is 32.2 Å². The molecule has 0 atom stereocenters. The Labute approximate surface area is 243 Å². The van der Waals surface area contributed by atoms with E-state index >= 15 is 0 Å². The lowest BCUT2D eigenvalue weighted by atomic mass is 10.2. The van der Waals surface area contributed by atoms with Crippen molar-refractivity contribution in [1.82, 2.24) is 4.31 Å². The van der Waals surface area contributed by atoms with Crippen LogP contribution in [-0.2, 0) is 14.8 Å². The maximum absolute atomic E-state index is 13.4. The molecule has 1 saturated heterocycles. The molecule has 2 amide bonds. The maximum atomic E-state index is 13.4. The first-order chi connectivity index (χ1) is 19.8. The highest BCUT2D eigenvalue weighted by molar-refractivity contribution is 8.00. The monoisotopic (exact) mass is 597 g/mol. The van der Waals surface area contributed by atoms with Crippen LogP contribution in [0.15, 0.2) is 70.5 Å². The van der Waals surface area contributed by atoms with Crippen LogP contribution in [0.1, 0.15) is 36.0 Å². The zero-order valence-electron chi connectivity index (χ0n) is 22.6. The van der Waals surface area contributed by atoms with Gasteiger partial charge in [-0.05, 0) is 55.3 Å². The summed E-state index contributed by atoms with van der Waals surface area (Å²) in [7, 11) is -2.27. The third-order valence-electron chi connectivity index (χ3n) is 6.77. The molecule has 1 fully saturated rings. The van der Waals surface area contributed by atoms with Gasteiger partial charge in [-0.3, -0.25) is 9.59 Å². The van der Waals surface area contributed by atoms with Crippen LogP contribution in [0.25, 0.3) is 0 Å². The van der Waals surface area contributed by atoms with Gasteiger partial charge < -0.3 is 24.8 Å². The van der Waals surface area contributed by atoms with E-state index in [2.05, 4.69) is 10.6 Å². The Bertz CT molecular complexity index is 1540. The lowest BCUT2D eigenvalue weighted by Gasteiger charge is -2.21. The Morgan fingerprint density at radius 3 is 2.46 bits per heavy atom. The van der Waals surface area contributed by atoms with Gasteiger partial charge in [0.25, 0.3) is 5.91 Å². The second kappa shape index (κ2) is 12.8. The van der Waals surface area contributed by atoms with Gasteiger partial charge in [0.2, 0.25) is 22.7 Å². The van der Waals surface area contributed by atoms with Crippen LogP contribution >= 0.6 is 11.8 Å². The van der Waals surface area contributed by atoms with Crippen LogP contribution in [0.2, 0.25) is 0 Å². The van der Waals surface area contributed by atoms with Gasteiger partial charge in [0, 0.05) is 29.7 Å². The fraction of sp³-hybridized carbons (Fsp3) is 0.310. The molecule has 0 aliphatic carbocycles. The summed E-state index contributed by atoms with van der Waals surface area (Å²) in [5.74, 6) is 0.881. The van der Waals surface area contributed by atoms with E-state index in [0.29, 0.717) is 46.5 Å². The molecule has 0 radical (unpaired) electrons. The molecule has 3 aromatic rings. The Hall–Kier alpha value is -3.74. The molecule has 12 heteroatoms. The minimum atomic E-state index is -3.73. The highest BCUT2D eigenvalue weighted by Crippen LogP contribution is 2.35. The van der Waals surface area contributed by atoms with Gasteiger partial charge in [-0.1, -0.05) is 25.0 Å². The molecule has 10 nitrogen and oxygen atoms in total. The van der Waals surface area contributed by atoms with Gasteiger partial charge in [0.15, 0.2) is 11.5 Å². The minimum absolute atomic E-state index is 0.0611. The number of amides is 2. The number of anilines is 2. The second-order valence-electron chi connectivity index (χ2n) is 9.54. The topological polar surface area (TPSA) is 123 Å². The van der Waals surface area contributed by atoms with Crippen LogP contribution in [0.4, 0.5) is 11.4 Å². The summed E-state index contributed by atoms with van der Waals surface area (Å²) in [6.07, 6.45) is 3.66. The van der Waals surface area contributed by atoms with Crippen LogP contribution in [0, 0.1) is 0 Å². The van der Waals surface area contributed by atoms with Crippen molar-refractivity contribution in [2.45, 2.75) is 35.5 Å². The van der Waals surface area contributed by atoms with Crippen molar-refractivity contribution in [1.29, 1.82) is 0 Å². The SMILES string of the molecule is COc1ccc(S(=O)(=O)N2CCCCCC2)cc1NC(=O)c1ccccc1SCC(=O)Nc1ccc2c(c1)OCO2. The lowest BCUT2D eigenvalue weighted by Crippen LogP contribution is -2.32. The molecular formula is C29H31N3O7S2. The number of carbonyl (C=O) groups is 2. The van der Waals surface area contributed by atoms with Crippen LogP contribution in [-0.4, -0.2) is 57.3 Å². The first-order valence-electron chi connectivity index (χ1n) is 13.3. The van der Waals surface area contributed by atoms with E-state index in [1.54, 1.807) is 48.5 Å². The number of hydrogen-bond acceptors (Lipinski definition) is 8. The summed E-state index contributed by atoms with van der Waals surface area (Å²) < 4.78 is 44.3. The molecule has 2 heterocycles. The van der Waals surface area contributed by atoms with E-state index < -0.39 is 15.9 Å². The summed E-state index contributed by atoms with van der Waals surface area (Å²) in [5.41, 5.74) is 1.16. The molecule has 3 aromatic carbocycles. The molecule has 2 aliphatic rings. The van der Waals surface area contributed by atoms with Gasteiger partial charge in [-0.2, -0.15) is 4.31 Å². The van der Waals surface area contributed by atoms with Crippen molar-refractivity contribution in [2.24, 2.45) is 0 Å². The maximum Gasteiger partial charge on any atom is 0.256 e. The quantitative estimate of drug-likeness (QED) is 0.332. The Balaban J connectivity index is 1.28. The largest absolute Gasteiger partial charge is 0.495 e. The summed E-state index contributed by atoms with van der Waals surface area (Å²) in [6.45, 7) is 1.09. The number of thioether (sulfide) groups is 1. The Kier molecular flexibility index (Phi) is 9.01. The Morgan fingerprint density at radius 2 is 1.68 bits per heavy atom. The predicted molar refractivity (Wildman–Crippen MR) is 157 cm³/mol. The third kappa shape index (κ3) is 6.77. The van der Waals surface area contributed by atoms with Crippen molar-refractivity contribution in [3.8, 4) is 17.2 Å². The first-order valence-corrected chi connectivity index (χ1v) is 15.7.